The van der Waals surface area contributed by atoms with Gasteiger partial charge in [0.2, 0.25) is 5.88 Å². The lowest BCUT2D eigenvalue weighted by atomic mass is 9.95. The fraction of sp³-hybridized carbons (Fsp3) is 0.227. The number of hydrogen-bond donors (Lipinski definition) is 0. The number of nitrogens with zero attached hydrogens (tertiary/aromatic N) is 2. The van der Waals surface area contributed by atoms with Crippen molar-refractivity contribution in [2.75, 3.05) is 6.61 Å². The van der Waals surface area contributed by atoms with Crippen LogP contribution in [0.4, 0.5) is 0 Å². The zero-order chi connectivity index (χ0) is 20.4. The maximum Gasteiger partial charge on any atom is 0.223 e. The van der Waals surface area contributed by atoms with Crippen LogP contribution in [-0.2, 0) is 7.05 Å². The molecule has 0 aliphatic rings. The molecule has 0 aliphatic carbocycles. The molecule has 0 saturated heterocycles. The highest BCUT2D eigenvalue weighted by molar-refractivity contribution is 6.32. The first-order chi connectivity index (χ1) is 13.3. The molecule has 5 nitrogen and oxygen atoms in total. The first kappa shape index (κ1) is 19.8. The van der Waals surface area contributed by atoms with Gasteiger partial charge in [-0.1, -0.05) is 41.9 Å². The average molecular weight is 397 g/mol. The van der Waals surface area contributed by atoms with Crippen LogP contribution < -0.4 is 4.74 Å². The van der Waals surface area contributed by atoms with Crippen LogP contribution in [0.2, 0.25) is 5.02 Å². The highest BCUT2D eigenvalue weighted by atomic mass is 35.5. The Morgan fingerprint density at radius 3 is 2.43 bits per heavy atom. The number of halogens is 1. The molecule has 6 heteroatoms. The Morgan fingerprint density at radius 2 is 1.75 bits per heavy atom. The molecule has 3 aromatic rings. The van der Waals surface area contributed by atoms with E-state index in [1.165, 1.54) is 10.9 Å². The summed E-state index contributed by atoms with van der Waals surface area (Å²) in [5.41, 5.74) is 3.93. The van der Waals surface area contributed by atoms with Crippen molar-refractivity contribution in [1.82, 2.24) is 9.78 Å². The van der Waals surface area contributed by atoms with Crippen molar-refractivity contribution < 1.29 is 14.3 Å². The first-order valence-electron chi connectivity index (χ1n) is 8.85. The molecule has 0 spiro atoms. The third kappa shape index (κ3) is 3.71. The van der Waals surface area contributed by atoms with E-state index in [-0.39, 0.29) is 24.1 Å². The monoisotopic (exact) mass is 396 g/mol. The molecule has 0 amide bonds. The quantitative estimate of drug-likeness (QED) is 0.576. The lowest BCUT2D eigenvalue weighted by molar-refractivity contribution is 0.0908. The molecule has 0 N–H and O–H groups in total. The van der Waals surface area contributed by atoms with Gasteiger partial charge < -0.3 is 4.74 Å². The maximum absolute atomic E-state index is 13.2. The molecule has 3 rings (SSSR count). The smallest absolute Gasteiger partial charge is 0.223 e. The predicted molar refractivity (Wildman–Crippen MR) is 109 cm³/mol. The van der Waals surface area contributed by atoms with Crippen LogP contribution >= 0.6 is 11.6 Å². The van der Waals surface area contributed by atoms with Gasteiger partial charge >= 0.3 is 0 Å². The van der Waals surface area contributed by atoms with Gasteiger partial charge in [-0.25, -0.2) is 4.68 Å². The van der Waals surface area contributed by atoms with Crippen LogP contribution in [0.15, 0.2) is 42.6 Å². The van der Waals surface area contributed by atoms with E-state index in [0.29, 0.717) is 21.7 Å². The minimum atomic E-state index is -0.212. The molecule has 0 bridgehead atoms. The first-order valence-corrected chi connectivity index (χ1v) is 9.23. The zero-order valence-electron chi connectivity index (χ0n) is 16.2. The van der Waals surface area contributed by atoms with Gasteiger partial charge in [0.1, 0.15) is 5.56 Å². The lowest BCUT2D eigenvalue weighted by Gasteiger charge is -2.13. The third-order valence-corrected chi connectivity index (χ3v) is 5.39. The Hall–Kier alpha value is -2.92. The number of hydrogen-bond acceptors (Lipinski definition) is 4. The highest BCUT2D eigenvalue weighted by Gasteiger charge is 2.23. The minimum Gasteiger partial charge on any atom is -0.469 e. The number of rotatable bonds is 6. The maximum atomic E-state index is 13.2. The van der Waals surface area contributed by atoms with Crippen molar-refractivity contribution in [2.45, 2.75) is 20.8 Å². The van der Waals surface area contributed by atoms with Crippen molar-refractivity contribution in [2.24, 2.45) is 7.05 Å². The fourth-order valence-electron chi connectivity index (χ4n) is 3.03. The number of ketones is 2. The zero-order valence-corrected chi connectivity index (χ0v) is 17.0. The summed E-state index contributed by atoms with van der Waals surface area (Å²) in [5, 5.41) is 4.80. The second-order valence-corrected chi connectivity index (χ2v) is 7.08. The van der Waals surface area contributed by atoms with E-state index in [2.05, 4.69) is 5.10 Å². The van der Waals surface area contributed by atoms with Crippen molar-refractivity contribution in [3.8, 4) is 5.88 Å². The topological polar surface area (TPSA) is 61.2 Å². The molecule has 28 heavy (non-hydrogen) atoms. The van der Waals surface area contributed by atoms with Gasteiger partial charge in [-0.2, -0.15) is 5.10 Å². The van der Waals surface area contributed by atoms with Crippen molar-refractivity contribution in [3.05, 3.63) is 81.0 Å². The normalized spacial score (nSPS) is 10.8. The van der Waals surface area contributed by atoms with Crippen LogP contribution in [0.5, 0.6) is 5.88 Å². The molecule has 0 unspecified atom stereocenters. The largest absolute Gasteiger partial charge is 0.469 e. The molecule has 2 aromatic carbocycles. The molecular weight excluding hydrogens is 376 g/mol. The summed E-state index contributed by atoms with van der Waals surface area (Å²) in [6, 6.07) is 10.7. The molecule has 1 heterocycles. The second kappa shape index (κ2) is 7.98. The molecule has 0 atom stereocenters. The summed E-state index contributed by atoms with van der Waals surface area (Å²) in [6.45, 7) is 5.44. The Kier molecular flexibility index (Phi) is 5.66. The SMILES string of the molecule is Cc1cc(C(=O)c2cnn(C)c2OCC(=O)c2ccccc2)c(C)c(C)c1Cl. The van der Waals surface area contributed by atoms with Crippen molar-refractivity contribution in [3.63, 3.8) is 0 Å². The molecule has 0 saturated carbocycles. The van der Waals surface area contributed by atoms with E-state index in [0.717, 1.165) is 16.7 Å². The van der Waals surface area contributed by atoms with Crippen LogP contribution in [0.3, 0.4) is 0 Å². The summed E-state index contributed by atoms with van der Waals surface area (Å²) < 4.78 is 7.15. The van der Waals surface area contributed by atoms with Gasteiger partial charge in [0, 0.05) is 23.2 Å². The van der Waals surface area contributed by atoms with E-state index < -0.39 is 0 Å². The number of aromatic nitrogens is 2. The van der Waals surface area contributed by atoms with Crippen LogP contribution in [0, 0.1) is 20.8 Å². The summed E-state index contributed by atoms with van der Waals surface area (Å²) in [6.07, 6.45) is 1.46. The predicted octanol–water partition coefficient (Wildman–Crippen LogP) is 4.49. The van der Waals surface area contributed by atoms with Gasteiger partial charge in [0.05, 0.1) is 6.20 Å². The number of benzene rings is 2. The molecule has 1 aromatic heterocycles. The third-order valence-electron chi connectivity index (χ3n) is 4.81. The van der Waals surface area contributed by atoms with Crippen molar-refractivity contribution >= 4 is 23.2 Å². The minimum absolute atomic E-state index is 0.172. The Labute approximate surface area is 168 Å². The van der Waals surface area contributed by atoms with E-state index >= 15 is 0 Å². The summed E-state index contributed by atoms with van der Waals surface area (Å²) in [7, 11) is 1.67. The van der Waals surface area contributed by atoms with Gasteiger partial charge in [0.25, 0.3) is 0 Å². The number of ether oxygens (including phenoxy) is 1. The Balaban J connectivity index is 1.89. The summed E-state index contributed by atoms with van der Waals surface area (Å²) >= 11 is 6.29. The van der Waals surface area contributed by atoms with Gasteiger partial charge in [0.15, 0.2) is 18.2 Å². The number of Topliss-reactive ketones (excluding diaryl/α,β-unsaturated/α-hetero) is 1. The number of carbonyl (C=O) groups is 2. The Bertz CT molecular complexity index is 1060. The molecule has 0 aliphatic heterocycles. The lowest BCUT2D eigenvalue weighted by Crippen LogP contribution is -2.15. The number of aryl methyl sites for hydroxylation is 2. The molecule has 144 valence electrons. The molecular formula is C22H21ClN2O3. The Morgan fingerprint density at radius 1 is 1.07 bits per heavy atom. The number of carbonyl (C=O) groups excluding carboxylic acids is 2. The van der Waals surface area contributed by atoms with Crippen LogP contribution in [0.25, 0.3) is 0 Å². The second-order valence-electron chi connectivity index (χ2n) is 6.70. The van der Waals surface area contributed by atoms with Crippen LogP contribution in [0.1, 0.15) is 43.0 Å². The average Bonchev–Trinajstić information content (AvgIpc) is 3.07. The van der Waals surface area contributed by atoms with Gasteiger partial charge in [-0.15, -0.1) is 0 Å². The van der Waals surface area contributed by atoms with Gasteiger partial charge in [-0.3, -0.25) is 9.59 Å². The van der Waals surface area contributed by atoms with E-state index in [1.807, 2.05) is 26.8 Å². The highest BCUT2D eigenvalue weighted by Crippen LogP contribution is 2.29. The van der Waals surface area contributed by atoms with E-state index in [4.69, 9.17) is 16.3 Å². The summed E-state index contributed by atoms with van der Waals surface area (Å²) in [5.74, 6) is -0.121. The van der Waals surface area contributed by atoms with Gasteiger partial charge in [-0.05, 0) is 43.5 Å². The molecule has 0 fully saturated rings. The van der Waals surface area contributed by atoms with Crippen LogP contribution in [-0.4, -0.2) is 28.0 Å². The summed E-state index contributed by atoms with van der Waals surface area (Å²) in [4.78, 5) is 25.5. The standard InChI is InChI=1S/C22H21ClN2O3/c1-13-10-17(14(2)15(3)20(13)23)21(27)18-11-24-25(4)22(18)28-12-19(26)16-8-6-5-7-9-16/h5-11H,12H2,1-4H3. The van der Waals surface area contributed by atoms with E-state index in [1.54, 1.807) is 37.4 Å². The van der Waals surface area contributed by atoms with Crippen molar-refractivity contribution in [1.29, 1.82) is 0 Å². The molecule has 0 radical (unpaired) electrons. The fourth-order valence-corrected chi connectivity index (χ4v) is 3.22. The van der Waals surface area contributed by atoms with E-state index in [9.17, 15) is 9.59 Å².